The third kappa shape index (κ3) is 4.42. The number of aryl methyl sites for hydroxylation is 2. The lowest BCUT2D eigenvalue weighted by molar-refractivity contribution is -0.120. The van der Waals surface area contributed by atoms with Gasteiger partial charge in [0.25, 0.3) is 0 Å². The maximum absolute atomic E-state index is 13.3. The van der Waals surface area contributed by atoms with Gasteiger partial charge in [-0.3, -0.25) is 9.59 Å². The highest BCUT2D eigenvalue weighted by atomic mass is 35.5. The summed E-state index contributed by atoms with van der Waals surface area (Å²) in [5, 5.41) is 8.04. The zero-order chi connectivity index (χ0) is 22.0. The van der Waals surface area contributed by atoms with E-state index in [1.807, 2.05) is 43.3 Å². The molecule has 160 valence electrons. The first kappa shape index (κ1) is 21.3. The van der Waals surface area contributed by atoms with Gasteiger partial charge < -0.3 is 5.32 Å². The predicted molar refractivity (Wildman–Crippen MR) is 125 cm³/mol. The second kappa shape index (κ2) is 9.06. The zero-order valence-corrected chi connectivity index (χ0v) is 18.6. The number of rotatable bonds is 4. The number of amides is 1. The van der Waals surface area contributed by atoms with E-state index in [0.717, 1.165) is 43.4 Å². The van der Waals surface area contributed by atoms with Crippen LogP contribution < -0.4 is 10.7 Å². The molecule has 5 nitrogen and oxygen atoms in total. The van der Waals surface area contributed by atoms with Crippen LogP contribution >= 0.6 is 11.6 Å². The number of hydrogen-bond acceptors (Lipinski definition) is 3. The number of halogens is 1. The predicted octanol–water partition coefficient (Wildman–Crippen LogP) is 5.69. The van der Waals surface area contributed by atoms with Crippen molar-refractivity contribution in [2.45, 2.75) is 46.0 Å². The fourth-order valence-corrected chi connectivity index (χ4v) is 4.36. The maximum atomic E-state index is 13.3. The molecule has 4 rings (SSSR count). The largest absolute Gasteiger partial charge is 0.310 e. The normalized spacial score (nSPS) is 14.4. The molecule has 31 heavy (non-hydrogen) atoms. The van der Waals surface area contributed by atoms with E-state index in [4.69, 9.17) is 11.6 Å². The highest BCUT2D eigenvalue weighted by Gasteiger charge is 2.26. The lowest BCUT2D eigenvalue weighted by atomic mass is 9.88. The van der Waals surface area contributed by atoms with Crippen molar-refractivity contribution < 1.29 is 4.79 Å². The Labute approximate surface area is 187 Å². The summed E-state index contributed by atoms with van der Waals surface area (Å²) in [7, 11) is 0. The Balaban J connectivity index is 1.92. The van der Waals surface area contributed by atoms with Gasteiger partial charge in [0, 0.05) is 16.5 Å². The summed E-state index contributed by atoms with van der Waals surface area (Å²) in [6, 6.07) is 15.0. The van der Waals surface area contributed by atoms with Gasteiger partial charge in [-0.05, 0) is 44.9 Å². The molecule has 3 aromatic rings. The summed E-state index contributed by atoms with van der Waals surface area (Å²) in [6.45, 7) is 3.69. The van der Waals surface area contributed by atoms with Crippen LogP contribution in [0.3, 0.4) is 0 Å². The van der Waals surface area contributed by atoms with E-state index in [0.29, 0.717) is 27.7 Å². The fraction of sp³-hybridized carbons (Fsp3) is 0.320. The lowest BCUT2D eigenvalue weighted by Gasteiger charge is -2.23. The smallest absolute Gasteiger partial charge is 0.228 e. The van der Waals surface area contributed by atoms with Crippen LogP contribution in [0.25, 0.3) is 16.8 Å². The third-order valence-electron chi connectivity index (χ3n) is 5.89. The van der Waals surface area contributed by atoms with Crippen LogP contribution in [0.2, 0.25) is 5.02 Å². The molecule has 0 saturated heterocycles. The Morgan fingerprint density at radius 1 is 1.03 bits per heavy atom. The van der Waals surface area contributed by atoms with Gasteiger partial charge >= 0.3 is 0 Å². The summed E-state index contributed by atoms with van der Waals surface area (Å²) in [5.74, 6) is 0.234. The number of benzene rings is 2. The standard InChI is InChI=1S/C25H26ClN3O2/c1-16-12-14-19(15-13-16)29-24(27-25(31)18-8-4-3-5-9-18)22(23(30)17(2)28-29)20-10-6-7-11-21(20)26/h6-7,10-15,18H,3-5,8-9H2,1-2H3,(H,27,31). The van der Waals surface area contributed by atoms with E-state index >= 15 is 0 Å². The van der Waals surface area contributed by atoms with Crippen LogP contribution in [0.15, 0.2) is 53.3 Å². The highest BCUT2D eigenvalue weighted by molar-refractivity contribution is 6.33. The number of carbonyl (C=O) groups is 1. The molecule has 2 aromatic carbocycles. The van der Waals surface area contributed by atoms with Gasteiger partial charge in [0.1, 0.15) is 11.5 Å². The second-order valence-corrected chi connectivity index (χ2v) is 8.60. The summed E-state index contributed by atoms with van der Waals surface area (Å²) < 4.78 is 1.65. The van der Waals surface area contributed by atoms with Crippen LogP contribution in [0.1, 0.15) is 43.4 Å². The summed E-state index contributed by atoms with van der Waals surface area (Å²) in [4.78, 5) is 26.4. The molecule has 1 aliphatic rings. The minimum atomic E-state index is -0.240. The number of anilines is 1. The first-order valence-corrected chi connectivity index (χ1v) is 11.1. The SMILES string of the molecule is Cc1ccc(-n2nc(C)c(=O)c(-c3ccccc3Cl)c2NC(=O)C2CCCCC2)cc1. The zero-order valence-electron chi connectivity index (χ0n) is 17.8. The molecule has 0 aliphatic heterocycles. The maximum Gasteiger partial charge on any atom is 0.228 e. The van der Waals surface area contributed by atoms with Crippen molar-refractivity contribution >= 4 is 23.3 Å². The minimum Gasteiger partial charge on any atom is -0.310 e. The molecule has 0 unspecified atom stereocenters. The van der Waals surface area contributed by atoms with Crippen LogP contribution in [0, 0.1) is 19.8 Å². The average molecular weight is 436 g/mol. The highest BCUT2D eigenvalue weighted by Crippen LogP contribution is 2.33. The first-order valence-electron chi connectivity index (χ1n) is 10.7. The second-order valence-electron chi connectivity index (χ2n) is 8.19. The Morgan fingerprint density at radius 2 is 1.71 bits per heavy atom. The van der Waals surface area contributed by atoms with Crippen LogP contribution in [-0.4, -0.2) is 15.7 Å². The summed E-state index contributed by atoms with van der Waals surface area (Å²) in [6.07, 6.45) is 4.98. The summed E-state index contributed by atoms with van der Waals surface area (Å²) in [5.41, 5.74) is 2.92. The van der Waals surface area contributed by atoms with Gasteiger partial charge in [-0.2, -0.15) is 5.10 Å². The average Bonchev–Trinajstić information content (AvgIpc) is 2.78. The van der Waals surface area contributed by atoms with Gasteiger partial charge in [0.2, 0.25) is 11.3 Å². The third-order valence-corrected chi connectivity index (χ3v) is 6.22. The molecule has 0 radical (unpaired) electrons. The molecule has 1 saturated carbocycles. The van der Waals surface area contributed by atoms with E-state index in [1.165, 1.54) is 0 Å². The van der Waals surface area contributed by atoms with E-state index in [2.05, 4.69) is 10.4 Å². The summed E-state index contributed by atoms with van der Waals surface area (Å²) >= 11 is 6.48. The number of nitrogens with one attached hydrogen (secondary N) is 1. The topological polar surface area (TPSA) is 64.0 Å². The van der Waals surface area contributed by atoms with Crippen molar-refractivity contribution in [3.8, 4) is 16.8 Å². The van der Waals surface area contributed by atoms with Crippen LogP contribution in [0.4, 0.5) is 5.82 Å². The molecule has 1 aliphatic carbocycles. The molecule has 1 N–H and O–H groups in total. The van der Waals surface area contributed by atoms with E-state index < -0.39 is 0 Å². The molecule has 0 spiro atoms. The van der Waals surface area contributed by atoms with Crippen molar-refractivity contribution in [1.82, 2.24) is 9.78 Å². The fourth-order valence-electron chi connectivity index (χ4n) is 4.13. The van der Waals surface area contributed by atoms with E-state index in [-0.39, 0.29) is 17.3 Å². The van der Waals surface area contributed by atoms with Crippen molar-refractivity contribution in [1.29, 1.82) is 0 Å². The van der Waals surface area contributed by atoms with Crippen molar-refractivity contribution in [3.63, 3.8) is 0 Å². The molecular weight excluding hydrogens is 410 g/mol. The van der Waals surface area contributed by atoms with Crippen molar-refractivity contribution in [2.75, 3.05) is 5.32 Å². The number of hydrogen-bond donors (Lipinski definition) is 1. The van der Waals surface area contributed by atoms with Crippen molar-refractivity contribution in [3.05, 3.63) is 75.0 Å². The van der Waals surface area contributed by atoms with Gasteiger partial charge in [-0.25, -0.2) is 4.68 Å². The molecule has 0 bridgehead atoms. The quantitative estimate of drug-likeness (QED) is 0.572. The number of nitrogens with zero attached hydrogens (tertiary/aromatic N) is 2. The molecule has 0 atom stereocenters. The van der Waals surface area contributed by atoms with Crippen LogP contribution in [0.5, 0.6) is 0 Å². The lowest BCUT2D eigenvalue weighted by Crippen LogP contribution is -2.29. The van der Waals surface area contributed by atoms with Crippen molar-refractivity contribution in [2.24, 2.45) is 5.92 Å². The number of aromatic nitrogens is 2. The van der Waals surface area contributed by atoms with Gasteiger partial charge in [0.15, 0.2) is 0 Å². The molecule has 1 heterocycles. The Bertz CT molecular complexity index is 1160. The molecule has 1 aromatic heterocycles. The first-order chi connectivity index (χ1) is 15.0. The molecule has 6 heteroatoms. The Kier molecular flexibility index (Phi) is 6.23. The molecular formula is C25H26ClN3O2. The van der Waals surface area contributed by atoms with Gasteiger partial charge in [-0.1, -0.05) is 66.8 Å². The van der Waals surface area contributed by atoms with Gasteiger partial charge in [0.05, 0.1) is 11.3 Å². The monoisotopic (exact) mass is 435 g/mol. The van der Waals surface area contributed by atoms with Crippen LogP contribution in [-0.2, 0) is 4.79 Å². The molecule has 1 amide bonds. The number of carbonyl (C=O) groups excluding carboxylic acids is 1. The van der Waals surface area contributed by atoms with Gasteiger partial charge in [-0.15, -0.1) is 0 Å². The molecule has 1 fully saturated rings. The van der Waals surface area contributed by atoms with E-state index in [1.54, 1.807) is 23.7 Å². The minimum absolute atomic E-state index is 0.0595. The van der Waals surface area contributed by atoms with E-state index in [9.17, 15) is 9.59 Å². The Morgan fingerprint density at radius 3 is 2.39 bits per heavy atom. The Hall–Kier alpha value is -2.92.